The fraction of sp³-hybridized carbons (Fsp3) is 0.167. The molecule has 0 atom stereocenters. The molecule has 19 heavy (non-hydrogen) atoms. The fourth-order valence-corrected chi connectivity index (χ4v) is 2.00. The summed E-state index contributed by atoms with van der Waals surface area (Å²) in [5.74, 6) is -0.134. The summed E-state index contributed by atoms with van der Waals surface area (Å²) < 4.78 is 27.7. The first-order valence-electron chi connectivity index (χ1n) is 5.44. The van der Waals surface area contributed by atoms with Gasteiger partial charge in [0.1, 0.15) is 34.1 Å². The maximum atomic E-state index is 13.7. The quantitative estimate of drug-likeness (QED) is 0.903. The lowest BCUT2D eigenvalue weighted by molar-refractivity contribution is 0.595. The number of hydrogen-bond acceptors (Lipinski definition) is 4. The summed E-state index contributed by atoms with van der Waals surface area (Å²) in [6.07, 6.45) is 1.32. The molecule has 0 saturated carbocycles. The fourth-order valence-electron chi connectivity index (χ4n) is 1.50. The number of benzene rings is 1. The Morgan fingerprint density at radius 3 is 2.47 bits per heavy atom. The Morgan fingerprint density at radius 1 is 1.11 bits per heavy atom. The molecule has 1 aromatic heterocycles. The van der Waals surface area contributed by atoms with Crippen molar-refractivity contribution in [2.45, 2.75) is 6.92 Å². The van der Waals surface area contributed by atoms with E-state index in [9.17, 15) is 8.78 Å². The van der Waals surface area contributed by atoms with Crippen LogP contribution in [0.1, 0.15) is 5.56 Å². The maximum Gasteiger partial charge on any atom is 0.150 e. The van der Waals surface area contributed by atoms with Crippen LogP contribution in [0.15, 0.2) is 22.9 Å². The molecule has 2 aromatic rings. The van der Waals surface area contributed by atoms with Crippen LogP contribution in [0.4, 0.5) is 26.1 Å². The summed E-state index contributed by atoms with van der Waals surface area (Å²) in [7, 11) is 1.70. The average Bonchev–Trinajstić information content (AvgIpc) is 2.38. The van der Waals surface area contributed by atoms with Gasteiger partial charge in [-0.05, 0) is 34.5 Å². The second kappa shape index (κ2) is 5.48. The van der Waals surface area contributed by atoms with Gasteiger partial charge in [0.25, 0.3) is 0 Å². The average molecular weight is 329 g/mol. The van der Waals surface area contributed by atoms with E-state index in [-0.39, 0.29) is 11.3 Å². The Morgan fingerprint density at radius 2 is 1.79 bits per heavy atom. The van der Waals surface area contributed by atoms with Crippen molar-refractivity contribution in [2.24, 2.45) is 0 Å². The predicted octanol–water partition coefficient (Wildman–Crippen LogP) is 3.61. The lowest BCUT2D eigenvalue weighted by Gasteiger charge is -2.11. The van der Waals surface area contributed by atoms with Crippen molar-refractivity contribution in [1.82, 2.24) is 9.97 Å². The monoisotopic (exact) mass is 328 g/mol. The molecule has 2 N–H and O–H groups in total. The summed E-state index contributed by atoms with van der Waals surface area (Å²) in [4.78, 5) is 7.95. The van der Waals surface area contributed by atoms with E-state index in [0.717, 1.165) is 12.1 Å². The van der Waals surface area contributed by atoms with Crippen molar-refractivity contribution >= 4 is 33.3 Å². The van der Waals surface area contributed by atoms with Crippen LogP contribution in [0, 0.1) is 18.6 Å². The summed E-state index contributed by atoms with van der Waals surface area (Å²) >= 11 is 3.29. The second-order valence-electron chi connectivity index (χ2n) is 3.84. The molecular weight excluding hydrogens is 318 g/mol. The molecule has 0 fully saturated rings. The van der Waals surface area contributed by atoms with Gasteiger partial charge in [-0.1, -0.05) is 0 Å². The summed E-state index contributed by atoms with van der Waals surface area (Å²) in [5, 5.41) is 5.58. The van der Waals surface area contributed by atoms with Gasteiger partial charge in [-0.15, -0.1) is 0 Å². The van der Waals surface area contributed by atoms with Gasteiger partial charge in [-0.25, -0.2) is 18.7 Å². The largest absolute Gasteiger partial charge is 0.372 e. The number of anilines is 3. The van der Waals surface area contributed by atoms with E-state index in [0.29, 0.717) is 16.1 Å². The molecule has 0 bridgehead atoms. The first-order chi connectivity index (χ1) is 9.02. The molecule has 1 heterocycles. The van der Waals surface area contributed by atoms with Crippen LogP contribution < -0.4 is 10.6 Å². The van der Waals surface area contributed by atoms with Gasteiger partial charge in [0.05, 0.1) is 5.69 Å². The van der Waals surface area contributed by atoms with Gasteiger partial charge >= 0.3 is 0 Å². The SMILES string of the molecule is CNc1ncnc(Nc2cc(F)c(C)cc2F)c1Br. The minimum Gasteiger partial charge on any atom is -0.372 e. The molecule has 2 rings (SSSR count). The highest BCUT2D eigenvalue weighted by molar-refractivity contribution is 9.10. The van der Waals surface area contributed by atoms with Crippen LogP contribution in [-0.2, 0) is 0 Å². The molecule has 0 unspecified atom stereocenters. The van der Waals surface area contributed by atoms with Gasteiger partial charge in [0, 0.05) is 13.1 Å². The predicted molar refractivity (Wildman–Crippen MR) is 73.7 cm³/mol. The summed E-state index contributed by atoms with van der Waals surface area (Å²) in [6, 6.07) is 2.23. The van der Waals surface area contributed by atoms with Crippen molar-refractivity contribution < 1.29 is 8.78 Å². The minimum atomic E-state index is -0.546. The highest BCUT2D eigenvalue weighted by atomic mass is 79.9. The second-order valence-corrected chi connectivity index (χ2v) is 4.63. The standard InChI is InChI=1S/C12H11BrF2N4/c1-6-3-8(15)9(4-7(6)14)19-12-10(13)11(16-2)17-5-18-12/h3-5H,1-2H3,(H2,16,17,18,19). The van der Waals surface area contributed by atoms with Crippen molar-refractivity contribution in [2.75, 3.05) is 17.7 Å². The maximum absolute atomic E-state index is 13.7. The van der Waals surface area contributed by atoms with Crippen LogP contribution in [0.25, 0.3) is 0 Å². The minimum absolute atomic E-state index is 0.0181. The van der Waals surface area contributed by atoms with Crippen molar-refractivity contribution in [1.29, 1.82) is 0 Å². The van der Waals surface area contributed by atoms with Crippen molar-refractivity contribution in [3.05, 3.63) is 40.1 Å². The Bertz CT molecular complexity index is 619. The first-order valence-corrected chi connectivity index (χ1v) is 6.23. The summed E-state index contributed by atoms with van der Waals surface area (Å²) in [5.41, 5.74) is 0.269. The molecule has 4 nitrogen and oxygen atoms in total. The zero-order valence-electron chi connectivity index (χ0n) is 10.3. The molecule has 100 valence electrons. The Hall–Kier alpha value is -1.76. The molecule has 0 aliphatic carbocycles. The van der Waals surface area contributed by atoms with Crippen molar-refractivity contribution in [3.63, 3.8) is 0 Å². The van der Waals surface area contributed by atoms with Crippen LogP contribution in [-0.4, -0.2) is 17.0 Å². The first kappa shape index (κ1) is 13.7. The van der Waals surface area contributed by atoms with E-state index in [1.807, 2.05) is 0 Å². The molecule has 0 amide bonds. The van der Waals surface area contributed by atoms with Gasteiger partial charge in [0.2, 0.25) is 0 Å². The number of nitrogens with one attached hydrogen (secondary N) is 2. The van der Waals surface area contributed by atoms with E-state index in [1.165, 1.54) is 13.3 Å². The Kier molecular flexibility index (Phi) is 3.94. The van der Waals surface area contributed by atoms with E-state index < -0.39 is 11.6 Å². The number of rotatable bonds is 3. The highest BCUT2D eigenvalue weighted by Crippen LogP contribution is 2.30. The number of aryl methyl sites for hydroxylation is 1. The van der Waals surface area contributed by atoms with Crippen LogP contribution in [0.5, 0.6) is 0 Å². The molecule has 1 aromatic carbocycles. The number of hydrogen-bond donors (Lipinski definition) is 2. The van der Waals surface area contributed by atoms with E-state index in [4.69, 9.17) is 0 Å². The third kappa shape index (κ3) is 2.81. The van der Waals surface area contributed by atoms with Crippen LogP contribution in [0.3, 0.4) is 0 Å². The smallest absolute Gasteiger partial charge is 0.150 e. The molecule has 0 saturated heterocycles. The van der Waals surface area contributed by atoms with Crippen LogP contribution >= 0.6 is 15.9 Å². The topological polar surface area (TPSA) is 49.8 Å². The normalized spacial score (nSPS) is 10.4. The molecular formula is C12H11BrF2N4. The van der Waals surface area contributed by atoms with Gasteiger partial charge in [-0.2, -0.15) is 0 Å². The molecule has 0 aliphatic heterocycles. The molecule has 0 radical (unpaired) electrons. The number of aromatic nitrogens is 2. The van der Waals surface area contributed by atoms with E-state index in [2.05, 4.69) is 36.5 Å². The van der Waals surface area contributed by atoms with Gasteiger partial charge in [0.15, 0.2) is 0 Å². The third-order valence-corrected chi connectivity index (χ3v) is 3.28. The molecule has 0 spiro atoms. The highest BCUT2D eigenvalue weighted by Gasteiger charge is 2.12. The zero-order valence-corrected chi connectivity index (χ0v) is 11.8. The lowest BCUT2D eigenvalue weighted by Crippen LogP contribution is -2.02. The van der Waals surface area contributed by atoms with E-state index >= 15 is 0 Å². The zero-order chi connectivity index (χ0) is 14.0. The number of nitrogens with zero attached hydrogens (tertiary/aromatic N) is 2. The molecule has 0 aliphatic rings. The van der Waals surface area contributed by atoms with Gasteiger partial charge < -0.3 is 10.6 Å². The Labute approximate surface area is 117 Å². The summed E-state index contributed by atoms with van der Waals surface area (Å²) in [6.45, 7) is 1.50. The number of halogens is 3. The van der Waals surface area contributed by atoms with Crippen LogP contribution in [0.2, 0.25) is 0 Å². The Balaban J connectivity index is 2.39. The molecule has 7 heteroatoms. The van der Waals surface area contributed by atoms with Gasteiger partial charge in [-0.3, -0.25) is 0 Å². The third-order valence-electron chi connectivity index (χ3n) is 2.53. The van der Waals surface area contributed by atoms with E-state index in [1.54, 1.807) is 7.05 Å². The van der Waals surface area contributed by atoms with Crippen molar-refractivity contribution in [3.8, 4) is 0 Å². The lowest BCUT2D eigenvalue weighted by atomic mass is 10.2.